The molecule has 0 bridgehead atoms. The summed E-state index contributed by atoms with van der Waals surface area (Å²) in [5.74, 6) is 0.500. The number of hydrogen-bond donors (Lipinski definition) is 2. The molecule has 96 valence electrons. The molecule has 0 aromatic heterocycles. The van der Waals surface area contributed by atoms with Gasteiger partial charge in [0, 0.05) is 17.8 Å². The number of rotatable bonds is 7. The summed E-state index contributed by atoms with van der Waals surface area (Å²) in [6.45, 7) is 5.54. The van der Waals surface area contributed by atoms with Gasteiger partial charge >= 0.3 is 0 Å². The van der Waals surface area contributed by atoms with E-state index in [1.165, 1.54) is 5.56 Å². The van der Waals surface area contributed by atoms with Crippen molar-refractivity contribution in [2.24, 2.45) is 0 Å². The van der Waals surface area contributed by atoms with E-state index in [1.807, 2.05) is 12.3 Å². The molecule has 1 aromatic rings. The number of benzene rings is 1. The van der Waals surface area contributed by atoms with Crippen LogP contribution in [0.15, 0.2) is 30.3 Å². The molecule has 0 amide bonds. The first-order chi connectivity index (χ1) is 8.19. The molecule has 1 rings (SSSR count). The number of nitrogens with one attached hydrogen (secondary N) is 1. The third-order valence-electron chi connectivity index (χ3n) is 3.15. The van der Waals surface area contributed by atoms with Gasteiger partial charge in [0.2, 0.25) is 0 Å². The fourth-order valence-electron chi connectivity index (χ4n) is 1.83. The molecule has 0 aliphatic heterocycles. The average molecular weight is 253 g/mol. The van der Waals surface area contributed by atoms with Crippen LogP contribution in [0, 0.1) is 0 Å². The van der Waals surface area contributed by atoms with Crippen LogP contribution in [-0.2, 0) is 0 Å². The zero-order valence-corrected chi connectivity index (χ0v) is 11.7. The van der Waals surface area contributed by atoms with Gasteiger partial charge in [-0.15, -0.1) is 0 Å². The van der Waals surface area contributed by atoms with E-state index >= 15 is 0 Å². The predicted octanol–water partition coefficient (Wildman–Crippen LogP) is 2.49. The van der Waals surface area contributed by atoms with E-state index in [9.17, 15) is 5.11 Å². The van der Waals surface area contributed by atoms with Crippen LogP contribution >= 0.6 is 11.8 Å². The second-order valence-electron chi connectivity index (χ2n) is 4.47. The first-order valence-corrected chi connectivity index (χ1v) is 7.39. The van der Waals surface area contributed by atoms with Gasteiger partial charge in [-0.25, -0.2) is 0 Å². The Kier molecular flexibility index (Phi) is 6.63. The predicted molar refractivity (Wildman–Crippen MR) is 76.7 cm³/mol. The third kappa shape index (κ3) is 4.70. The summed E-state index contributed by atoms with van der Waals surface area (Å²) in [5, 5.41) is 13.0. The summed E-state index contributed by atoms with van der Waals surface area (Å²) in [6, 6.07) is 10.9. The van der Waals surface area contributed by atoms with Crippen molar-refractivity contribution < 1.29 is 5.11 Å². The highest BCUT2D eigenvalue weighted by molar-refractivity contribution is 7.99. The van der Waals surface area contributed by atoms with Crippen LogP contribution in [0.2, 0.25) is 0 Å². The second kappa shape index (κ2) is 7.75. The van der Waals surface area contributed by atoms with Crippen molar-refractivity contribution in [2.45, 2.75) is 31.1 Å². The highest BCUT2D eigenvalue weighted by Crippen LogP contribution is 2.15. The Morgan fingerprint density at radius 1 is 1.24 bits per heavy atom. The van der Waals surface area contributed by atoms with Crippen molar-refractivity contribution in [2.75, 3.05) is 19.4 Å². The maximum atomic E-state index is 9.22. The van der Waals surface area contributed by atoms with Gasteiger partial charge in [0.1, 0.15) is 0 Å². The van der Waals surface area contributed by atoms with Crippen molar-refractivity contribution >= 4 is 11.8 Å². The Hall–Kier alpha value is -0.510. The molecular formula is C14H23NOS. The third-order valence-corrected chi connectivity index (χ3v) is 4.32. The quantitative estimate of drug-likeness (QED) is 0.783. The van der Waals surface area contributed by atoms with Gasteiger partial charge < -0.3 is 10.4 Å². The molecule has 0 saturated heterocycles. The Bertz CT molecular complexity index is 300. The monoisotopic (exact) mass is 253 g/mol. The molecule has 0 aliphatic rings. The van der Waals surface area contributed by atoms with E-state index in [1.54, 1.807) is 11.8 Å². The van der Waals surface area contributed by atoms with Crippen LogP contribution in [0.3, 0.4) is 0 Å². The first kappa shape index (κ1) is 14.6. The van der Waals surface area contributed by atoms with E-state index in [0.29, 0.717) is 12.0 Å². The van der Waals surface area contributed by atoms with Crippen LogP contribution in [0.5, 0.6) is 0 Å². The largest absolute Gasteiger partial charge is 0.395 e. The molecule has 2 N–H and O–H groups in total. The molecule has 3 heteroatoms. The first-order valence-electron chi connectivity index (χ1n) is 6.11. The van der Waals surface area contributed by atoms with Gasteiger partial charge in [0.05, 0.1) is 6.61 Å². The van der Waals surface area contributed by atoms with Crippen molar-refractivity contribution in [3.05, 3.63) is 35.9 Å². The molecule has 0 unspecified atom stereocenters. The second-order valence-corrected chi connectivity index (χ2v) is 5.54. The summed E-state index contributed by atoms with van der Waals surface area (Å²) in [5.41, 5.74) is 1.36. The zero-order valence-electron chi connectivity index (χ0n) is 10.9. The maximum absolute atomic E-state index is 9.22. The molecule has 0 saturated carbocycles. The highest BCUT2D eigenvalue weighted by atomic mass is 32.2. The minimum atomic E-state index is 0.231. The van der Waals surface area contributed by atoms with Crippen molar-refractivity contribution in [3.63, 3.8) is 0 Å². The highest BCUT2D eigenvalue weighted by Gasteiger charge is 2.15. The zero-order chi connectivity index (χ0) is 12.7. The topological polar surface area (TPSA) is 32.3 Å². The van der Waals surface area contributed by atoms with Gasteiger partial charge in [-0.05, 0) is 24.7 Å². The molecule has 0 aliphatic carbocycles. The Balaban J connectivity index is 2.40. The minimum Gasteiger partial charge on any atom is -0.395 e. The minimum absolute atomic E-state index is 0.231. The fraction of sp³-hybridized carbons (Fsp3) is 0.571. The van der Waals surface area contributed by atoms with E-state index in [4.69, 9.17) is 0 Å². The lowest BCUT2D eigenvalue weighted by Gasteiger charge is -2.23. The maximum Gasteiger partial charge on any atom is 0.0564 e. The van der Waals surface area contributed by atoms with E-state index < -0.39 is 0 Å². The smallest absolute Gasteiger partial charge is 0.0564 e. The van der Waals surface area contributed by atoms with Crippen LogP contribution < -0.4 is 5.32 Å². The number of hydrogen-bond acceptors (Lipinski definition) is 3. The molecule has 0 radical (unpaired) electrons. The standard InChI is InChI=1S/C14H23NOS/c1-11(13-7-5-4-6-8-13)9-15-12(2)14(10-16)17-3/h4-8,11-12,14-16H,9-10H2,1-3H3/t11-,12+,14+/m0/s1. The normalized spacial score (nSPS) is 16.5. The van der Waals surface area contributed by atoms with Crippen LogP contribution in [0.1, 0.15) is 25.3 Å². The van der Waals surface area contributed by atoms with Crippen molar-refractivity contribution in [1.29, 1.82) is 0 Å². The summed E-state index contributed by atoms with van der Waals surface area (Å²) in [7, 11) is 0. The SMILES string of the molecule is CS[C@H](CO)[C@@H](C)NC[C@H](C)c1ccccc1. The number of thioether (sulfide) groups is 1. The summed E-state index contributed by atoms with van der Waals surface area (Å²) >= 11 is 1.71. The molecule has 3 atom stereocenters. The Morgan fingerprint density at radius 2 is 1.88 bits per heavy atom. The van der Waals surface area contributed by atoms with Crippen LogP contribution in [-0.4, -0.2) is 35.8 Å². The van der Waals surface area contributed by atoms with E-state index in [-0.39, 0.29) is 11.9 Å². The summed E-state index contributed by atoms with van der Waals surface area (Å²) in [4.78, 5) is 0. The number of aliphatic hydroxyl groups is 1. The van der Waals surface area contributed by atoms with E-state index in [2.05, 4.69) is 43.4 Å². The lowest BCUT2D eigenvalue weighted by atomic mass is 10.0. The van der Waals surface area contributed by atoms with Crippen molar-refractivity contribution in [3.8, 4) is 0 Å². The van der Waals surface area contributed by atoms with Gasteiger partial charge in [-0.2, -0.15) is 11.8 Å². The molecule has 0 heterocycles. The molecular weight excluding hydrogens is 230 g/mol. The molecule has 0 fully saturated rings. The van der Waals surface area contributed by atoms with E-state index in [0.717, 1.165) is 6.54 Å². The molecule has 17 heavy (non-hydrogen) atoms. The average Bonchev–Trinajstić information content (AvgIpc) is 2.38. The van der Waals surface area contributed by atoms with Crippen LogP contribution in [0.25, 0.3) is 0 Å². The van der Waals surface area contributed by atoms with Gasteiger partial charge in [-0.1, -0.05) is 37.3 Å². The Morgan fingerprint density at radius 3 is 2.41 bits per heavy atom. The van der Waals surface area contributed by atoms with Crippen molar-refractivity contribution in [1.82, 2.24) is 5.32 Å². The lowest BCUT2D eigenvalue weighted by molar-refractivity contribution is 0.275. The Labute approximate surface area is 109 Å². The number of aliphatic hydroxyl groups excluding tert-OH is 1. The lowest BCUT2D eigenvalue weighted by Crippen LogP contribution is -2.39. The van der Waals surface area contributed by atoms with Gasteiger partial charge in [0.25, 0.3) is 0 Å². The van der Waals surface area contributed by atoms with Gasteiger partial charge in [-0.3, -0.25) is 0 Å². The molecule has 0 spiro atoms. The summed E-state index contributed by atoms with van der Waals surface area (Å²) in [6.07, 6.45) is 2.04. The molecule has 1 aromatic carbocycles. The van der Waals surface area contributed by atoms with Gasteiger partial charge in [0.15, 0.2) is 0 Å². The summed E-state index contributed by atoms with van der Waals surface area (Å²) < 4.78 is 0. The molecule has 2 nitrogen and oxygen atoms in total. The van der Waals surface area contributed by atoms with Crippen LogP contribution in [0.4, 0.5) is 0 Å². The fourth-order valence-corrected chi connectivity index (χ4v) is 2.48.